The van der Waals surface area contributed by atoms with Crippen LogP contribution in [0, 0.1) is 12.7 Å². The highest BCUT2D eigenvalue weighted by molar-refractivity contribution is 7.89. The molecule has 0 saturated carbocycles. The van der Waals surface area contributed by atoms with Gasteiger partial charge in [0.2, 0.25) is 15.9 Å². The van der Waals surface area contributed by atoms with E-state index in [1.165, 1.54) is 30.7 Å². The van der Waals surface area contributed by atoms with Crippen LogP contribution in [-0.4, -0.2) is 63.1 Å². The lowest BCUT2D eigenvalue weighted by atomic mass is 10.3. The maximum Gasteiger partial charge on any atom is 0.246 e. The molecule has 0 N–H and O–H groups in total. The molecule has 1 fully saturated rings. The lowest BCUT2D eigenvalue weighted by molar-refractivity contribution is 0.371. The van der Waals surface area contributed by atoms with Crippen LogP contribution >= 0.6 is 0 Å². The number of hydrogen-bond acceptors (Lipinski definition) is 7. The van der Waals surface area contributed by atoms with E-state index in [2.05, 4.69) is 9.97 Å². The number of methoxy groups -OCH3 is 2. The van der Waals surface area contributed by atoms with E-state index in [0.717, 1.165) is 6.07 Å². The molecule has 10 heteroatoms. The standard InChI is InChI=1S/C17H21FN4O4S/c1-12-19-16(11-17(20-12)26-3)21-6-8-22(9-7-21)27(23,24)15-10-13(18)4-5-14(15)25-2/h4-5,10-11H,6-9H2,1-3H3. The molecule has 1 aliphatic rings. The van der Waals surface area contributed by atoms with Crippen molar-refractivity contribution in [3.05, 3.63) is 35.9 Å². The zero-order chi connectivity index (χ0) is 19.6. The molecule has 27 heavy (non-hydrogen) atoms. The smallest absolute Gasteiger partial charge is 0.246 e. The predicted molar refractivity (Wildman–Crippen MR) is 97.2 cm³/mol. The van der Waals surface area contributed by atoms with Crippen LogP contribution in [0.2, 0.25) is 0 Å². The average molecular weight is 396 g/mol. The number of piperazine rings is 1. The highest BCUT2D eigenvalue weighted by Gasteiger charge is 2.31. The maximum atomic E-state index is 13.6. The fraction of sp³-hybridized carbons (Fsp3) is 0.412. The van der Waals surface area contributed by atoms with E-state index in [1.807, 2.05) is 4.90 Å². The summed E-state index contributed by atoms with van der Waals surface area (Å²) in [5, 5.41) is 0. The van der Waals surface area contributed by atoms with Crippen molar-refractivity contribution in [2.45, 2.75) is 11.8 Å². The predicted octanol–water partition coefficient (Wildman–Crippen LogP) is 1.45. The Hall–Kier alpha value is -2.46. The van der Waals surface area contributed by atoms with Gasteiger partial charge in [0.1, 0.15) is 28.1 Å². The van der Waals surface area contributed by atoms with Crippen LogP contribution in [-0.2, 0) is 10.0 Å². The van der Waals surface area contributed by atoms with Gasteiger partial charge in [-0.3, -0.25) is 0 Å². The van der Waals surface area contributed by atoms with Crippen LogP contribution in [0.5, 0.6) is 11.6 Å². The van der Waals surface area contributed by atoms with Crippen molar-refractivity contribution in [1.29, 1.82) is 0 Å². The van der Waals surface area contributed by atoms with Crippen LogP contribution in [0.15, 0.2) is 29.2 Å². The minimum Gasteiger partial charge on any atom is -0.495 e. The summed E-state index contributed by atoms with van der Waals surface area (Å²) >= 11 is 0. The van der Waals surface area contributed by atoms with E-state index < -0.39 is 15.8 Å². The van der Waals surface area contributed by atoms with Crippen molar-refractivity contribution in [2.75, 3.05) is 45.3 Å². The van der Waals surface area contributed by atoms with Gasteiger partial charge in [0.05, 0.1) is 14.2 Å². The van der Waals surface area contributed by atoms with Gasteiger partial charge in [-0.05, 0) is 25.1 Å². The molecule has 0 unspecified atom stereocenters. The number of benzene rings is 1. The first-order valence-electron chi connectivity index (χ1n) is 8.33. The normalized spacial score (nSPS) is 15.6. The largest absolute Gasteiger partial charge is 0.495 e. The first-order valence-corrected chi connectivity index (χ1v) is 9.77. The van der Waals surface area contributed by atoms with Crippen molar-refractivity contribution >= 4 is 15.8 Å². The second-order valence-corrected chi connectivity index (χ2v) is 7.91. The maximum absolute atomic E-state index is 13.6. The van der Waals surface area contributed by atoms with Gasteiger partial charge in [0, 0.05) is 32.2 Å². The number of sulfonamides is 1. The Bertz CT molecular complexity index is 931. The molecule has 0 amide bonds. The van der Waals surface area contributed by atoms with Gasteiger partial charge in [-0.1, -0.05) is 0 Å². The summed E-state index contributed by atoms with van der Waals surface area (Å²) in [5.74, 6) is 1.20. The van der Waals surface area contributed by atoms with Crippen LogP contribution in [0.3, 0.4) is 0 Å². The third-order valence-corrected chi connectivity index (χ3v) is 6.24. The Morgan fingerprint density at radius 1 is 1.04 bits per heavy atom. The van der Waals surface area contributed by atoms with Crippen LogP contribution in [0.1, 0.15) is 5.82 Å². The minimum absolute atomic E-state index is 0.120. The molecule has 1 aromatic carbocycles. The molecule has 1 aliphatic heterocycles. The van der Waals surface area contributed by atoms with Crippen LogP contribution in [0.4, 0.5) is 10.2 Å². The molecule has 0 radical (unpaired) electrons. The van der Waals surface area contributed by atoms with Gasteiger partial charge >= 0.3 is 0 Å². The number of halogens is 1. The first kappa shape index (κ1) is 19.3. The van der Waals surface area contributed by atoms with Gasteiger partial charge in [-0.2, -0.15) is 9.29 Å². The lowest BCUT2D eigenvalue weighted by Crippen LogP contribution is -2.49. The number of ether oxygens (including phenoxy) is 2. The van der Waals surface area contributed by atoms with Crippen molar-refractivity contribution in [3.63, 3.8) is 0 Å². The summed E-state index contributed by atoms with van der Waals surface area (Å²) < 4.78 is 51.0. The lowest BCUT2D eigenvalue weighted by Gasteiger charge is -2.34. The fourth-order valence-corrected chi connectivity index (χ4v) is 4.53. The second-order valence-electron chi connectivity index (χ2n) is 6.00. The zero-order valence-electron chi connectivity index (χ0n) is 15.3. The second kappa shape index (κ2) is 7.65. The van der Waals surface area contributed by atoms with Gasteiger partial charge < -0.3 is 14.4 Å². The number of nitrogens with zero attached hydrogens (tertiary/aromatic N) is 4. The molecule has 0 aliphatic carbocycles. The molecule has 146 valence electrons. The Balaban J connectivity index is 1.79. The zero-order valence-corrected chi connectivity index (χ0v) is 16.2. The number of aromatic nitrogens is 2. The fourth-order valence-electron chi connectivity index (χ4n) is 2.94. The summed E-state index contributed by atoms with van der Waals surface area (Å²) in [6, 6.07) is 5.18. The van der Waals surface area contributed by atoms with E-state index in [0.29, 0.717) is 30.6 Å². The number of aryl methyl sites for hydroxylation is 1. The van der Waals surface area contributed by atoms with E-state index in [4.69, 9.17) is 9.47 Å². The number of anilines is 1. The molecule has 8 nitrogen and oxygen atoms in total. The number of hydrogen-bond donors (Lipinski definition) is 0. The van der Waals surface area contributed by atoms with E-state index in [-0.39, 0.29) is 23.7 Å². The van der Waals surface area contributed by atoms with Crippen LogP contribution in [0.25, 0.3) is 0 Å². The van der Waals surface area contributed by atoms with Crippen molar-refractivity contribution in [2.24, 2.45) is 0 Å². The monoisotopic (exact) mass is 396 g/mol. The average Bonchev–Trinajstić information content (AvgIpc) is 2.67. The summed E-state index contributed by atoms with van der Waals surface area (Å²) in [5.41, 5.74) is 0. The molecule has 2 heterocycles. The topological polar surface area (TPSA) is 84.9 Å². The molecule has 2 aromatic rings. The molecule has 3 rings (SSSR count). The Labute approximate surface area is 157 Å². The van der Waals surface area contributed by atoms with Gasteiger partial charge in [0.15, 0.2) is 0 Å². The van der Waals surface area contributed by atoms with Crippen molar-refractivity contribution in [3.8, 4) is 11.6 Å². The third-order valence-electron chi connectivity index (χ3n) is 4.32. The van der Waals surface area contributed by atoms with Gasteiger partial charge in [0.25, 0.3) is 0 Å². The van der Waals surface area contributed by atoms with Crippen molar-refractivity contribution < 1.29 is 22.3 Å². The van der Waals surface area contributed by atoms with Crippen molar-refractivity contribution in [1.82, 2.24) is 14.3 Å². The Morgan fingerprint density at radius 3 is 2.37 bits per heavy atom. The summed E-state index contributed by atoms with van der Waals surface area (Å²) in [6.07, 6.45) is 0. The SMILES string of the molecule is COc1cc(N2CCN(S(=O)(=O)c3cc(F)ccc3OC)CC2)nc(C)n1. The molecule has 0 bridgehead atoms. The Kier molecular flexibility index (Phi) is 5.47. The number of rotatable bonds is 5. The van der Waals surface area contributed by atoms with Crippen LogP contribution < -0.4 is 14.4 Å². The third kappa shape index (κ3) is 3.96. The molecule has 0 atom stereocenters. The minimum atomic E-state index is -3.87. The summed E-state index contributed by atoms with van der Waals surface area (Å²) in [4.78, 5) is 10.3. The van der Waals surface area contributed by atoms with Gasteiger partial charge in [-0.15, -0.1) is 0 Å². The molecule has 1 saturated heterocycles. The van der Waals surface area contributed by atoms with Gasteiger partial charge in [-0.25, -0.2) is 17.8 Å². The highest BCUT2D eigenvalue weighted by atomic mass is 32.2. The Morgan fingerprint density at radius 2 is 1.74 bits per heavy atom. The molecular weight excluding hydrogens is 375 g/mol. The molecular formula is C17H21FN4O4S. The summed E-state index contributed by atoms with van der Waals surface area (Å²) in [6.45, 7) is 3.14. The molecule has 0 spiro atoms. The quantitative estimate of drug-likeness (QED) is 0.756. The summed E-state index contributed by atoms with van der Waals surface area (Å²) in [7, 11) is -0.983. The van der Waals surface area contributed by atoms with E-state index >= 15 is 0 Å². The first-order chi connectivity index (χ1) is 12.8. The van der Waals surface area contributed by atoms with E-state index in [9.17, 15) is 12.8 Å². The molecule has 1 aromatic heterocycles. The van der Waals surface area contributed by atoms with E-state index in [1.54, 1.807) is 13.0 Å². The highest BCUT2D eigenvalue weighted by Crippen LogP contribution is 2.29.